The Kier molecular flexibility index (Phi) is 7.59. The van der Waals surface area contributed by atoms with Gasteiger partial charge in [-0.15, -0.1) is 0 Å². The van der Waals surface area contributed by atoms with Crippen LogP contribution in [0.3, 0.4) is 0 Å². The summed E-state index contributed by atoms with van der Waals surface area (Å²) in [5.41, 5.74) is 0.707. The van der Waals surface area contributed by atoms with Crippen LogP contribution in [0.15, 0.2) is 84.9 Å². The lowest BCUT2D eigenvalue weighted by molar-refractivity contribution is -0.201. The maximum atomic E-state index is 13.7. The van der Waals surface area contributed by atoms with E-state index >= 15 is 0 Å². The third-order valence-electron chi connectivity index (χ3n) is 7.19. The Balaban J connectivity index is 1.90. The third kappa shape index (κ3) is 4.86. The highest BCUT2D eigenvalue weighted by atomic mass is 28.4. The summed E-state index contributed by atoms with van der Waals surface area (Å²) in [6, 6.07) is 26.6. The summed E-state index contributed by atoms with van der Waals surface area (Å²) >= 11 is 0. The van der Waals surface area contributed by atoms with E-state index in [-0.39, 0.29) is 23.4 Å². The zero-order valence-electron chi connectivity index (χ0n) is 20.8. The average molecular weight is 495 g/mol. The van der Waals surface area contributed by atoms with Gasteiger partial charge in [0.15, 0.2) is 0 Å². The molecular weight excluding hydrogens is 459 g/mol. The number of aliphatic hydroxyl groups excluding tert-OH is 2. The van der Waals surface area contributed by atoms with E-state index in [2.05, 4.69) is 45.0 Å². The van der Waals surface area contributed by atoms with Gasteiger partial charge in [-0.3, -0.25) is 0 Å². The van der Waals surface area contributed by atoms with Gasteiger partial charge in [0.1, 0.15) is 18.0 Å². The zero-order chi connectivity index (χ0) is 25.2. The number of ether oxygens (including phenoxy) is 1. The summed E-state index contributed by atoms with van der Waals surface area (Å²) in [4.78, 5) is 0. The molecule has 1 aliphatic rings. The minimum Gasteiger partial charge on any atom is -0.399 e. The number of benzene rings is 3. The minimum atomic E-state index is -3.00. The number of halogens is 1. The molecule has 0 aromatic heterocycles. The topological polar surface area (TPSA) is 58.9 Å². The van der Waals surface area contributed by atoms with Crippen molar-refractivity contribution in [3.05, 3.63) is 96.3 Å². The standard InChI is InChI=1S/C29H35FO4Si/c1-20-25(19-31)33-27(21-15-17-22(30)18-16-21)28(26(20)32)34-35(29(2,3)4,23-11-7-5-8-12-23)24-13-9-6-10-14-24/h5-18,20,25-28,31-32H,19H2,1-4H3/t20?,25-,26+,27+,28?/m1/s1. The van der Waals surface area contributed by atoms with Crippen LogP contribution >= 0.6 is 0 Å². The molecule has 186 valence electrons. The Morgan fingerprint density at radius 3 is 1.86 bits per heavy atom. The van der Waals surface area contributed by atoms with Crippen molar-refractivity contribution in [2.45, 2.75) is 57.1 Å². The van der Waals surface area contributed by atoms with Crippen molar-refractivity contribution in [3.8, 4) is 0 Å². The van der Waals surface area contributed by atoms with Crippen molar-refractivity contribution < 1.29 is 23.8 Å². The van der Waals surface area contributed by atoms with Crippen LogP contribution in [0.2, 0.25) is 5.04 Å². The first-order chi connectivity index (χ1) is 16.7. The van der Waals surface area contributed by atoms with Gasteiger partial charge in [0.2, 0.25) is 0 Å². The van der Waals surface area contributed by atoms with Crippen LogP contribution in [0, 0.1) is 11.7 Å². The SMILES string of the molecule is CC1[C@H](O)C(O[Si](c2ccccc2)(c2ccccc2)C(C)(C)C)[C@H](c2ccc(F)cc2)O[C@@H]1CO. The molecule has 6 heteroatoms. The highest BCUT2D eigenvalue weighted by Crippen LogP contribution is 2.43. The smallest absolute Gasteiger partial charge is 0.261 e. The van der Waals surface area contributed by atoms with Gasteiger partial charge in [0.25, 0.3) is 8.32 Å². The monoisotopic (exact) mass is 494 g/mol. The fourth-order valence-corrected chi connectivity index (χ4v) is 9.93. The van der Waals surface area contributed by atoms with Gasteiger partial charge >= 0.3 is 0 Å². The molecule has 35 heavy (non-hydrogen) atoms. The van der Waals surface area contributed by atoms with E-state index in [1.807, 2.05) is 43.3 Å². The number of aliphatic hydroxyl groups is 2. The molecule has 0 spiro atoms. The molecule has 1 fully saturated rings. The normalized spacial score (nSPS) is 25.4. The molecule has 0 bridgehead atoms. The maximum absolute atomic E-state index is 13.7. The second-order valence-electron chi connectivity index (χ2n) is 10.4. The fraction of sp³-hybridized carbons (Fsp3) is 0.379. The van der Waals surface area contributed by atoms with Gasteiger partial charge in [-0.25, -0.2) is 4.39 Å². The van der Waals surface area contributed by atoms with Crippen molar-refractivity contribution in [2.24, 2.45) is 5.92 Å². The molecule has 1 saturated heterocycles. The zero-order valence-corrected chi connectivity index (χ0v) is 21.8. The predicted octanol–water partition coefficient (Wildman–Crippen LogP) is 4.20. The van der Waals surface area contributed by atoms with E-state index < -0.39 is 32.7 Å². The quantitative estimate of drug-likeness (QED) is 0.505. The largest absolute Gasteiger partial charge is 0.399 e. The maximum Gasteiger partial charge on any atom is 0.261 e. The minimum absolute atomic E-state index is 0.220. The Morgan fingerprint density at radius 2 is 1.40 bits per heavy atom. The van der Waals surface area contributed by atoms with E-state index in [4.69, 9.17) is 9.16 Å². The molecule has 4 nitrogen and oxygen atoms in total. The molecule has 4 rings (SSSR count). The number of hydrogen-bond donors (Lipinski definition) is 2. The van der Waals surface area contributed by atoms with Gasteiger partial charge in [-0.2, -0.15) is 0 Å². The first-order valence-corrected chi connectivity index (χ1v) is 14.1. The van der Waals surface area contributed by atoms with Gasteiger partial charge < -0.3 is 19.4 Å². The Hall–Kier alpha value is -2.35. The highest BCUT2D eigenvalue weighted by molar-refractivity contribution is 6.99. The summed E-state index contributed by atoms with van der Waals surface area (Å²) in [5, 5.41) is 23.4. The van der Waals surface area contributed by atoms with E-state index in [1.165, 1.54) is 12.1 Å². The molecule has 1 aliphatic heterocycles. The average Bonchev–Trinajstić information content (AvgIpc) is 2.86. The Bertz CT molecular complexity index is 1050. The van der Waals surface area contributed by atoms with Crippen LogP contribution < -0.4 is 10.4 Å². The Labute approximate surface area is 208 Å². The third-order valence-corrected chi connectivity index (χ3v) is 12.2. The van der Waals surface area contributed by atoms with Crippen LogP contribution in [0.5, 0.6) is 0 Å². The van der Waals surface area contributed by atoms with Gasteiger partial charge in [0, 0.05) is 5.92 Å². The van der Waals surface area contributed by atoms with Crippen molar-refractivity contribution in [1.82, 2.24) is 0 Å². The summed E-state index contributed by atoms with van der Waals surface area (Å²) in [6.07, 6.45) is -2.83. The Morgan fingerprint density at radius 1 is 0.886 bits per heavy atom. The fourth-order valence-electron chi connectivity index (χ4n) is 5.24. The predicted molar refractivity (Wildman–Crippen MR) is 139 cm³/mol. The molecular formula is C29H35FO4Si. The summed E-state index contributed by atoms with van der Waals surface area (Å²) in [5.74, 6) is -0.693. The van der Waals surface area contributed by atoms with Crippen molar-refractivity contribution in [1.29, 1.82) is 0 Å². The highest BCUT2D eigenvalue weighted by Gasteiger charge is 2.55. The lowest BCUT2D eigenvalue weighted by Crippen LogP contribution is -2.70. The van der Waals surface area contributed by atoms with Crippen LogP contribution in [0.1, 0.15) is 39.4 Å². The first kappa shape index (κ1) is 25.7. The van der Waals surface area contributed by atoms with Crippen LogP contribution in [-0.2, 0) is 9.16 Å². The summed E-state index contributed by atoms with van der Waals surface area (Å²) < 4.78 is 27.4. The van der Waals surface area contributed by atoms with Gasteiger partial charge in [-0.1, -0.05) is 100 Å². The molecule has 2 unspecified atom stereocenters. The molecule has 2 N–H and O–H groups in total. The summed E-state index contributed by atoms with van der Waals surface area (Å²) in [6.45, 7) is 8.20. The molecule has 0 amide bonds. The first-order valence-electron chi connectivity index (χ1n) is 12.2. The molecule has 5 atom stereocenters. The van der Waals surface area contributed by atoms with Crippen molar-refractivity contribution in [2.75, 3.05) is 6.61 Å². The van der Waals surface area contributed by atoms with E-state index in [0.29, 0.717) is 5.56 Å². The van der Waals surface area contributed by atoms with Gasteiger partial charge in [-0.05, 0) is 33.1 Å². The van der Waals surface area contributed by atoms with E-state index in [9.17, 15) is 14.6 Å². The number of hydrogen-bond acceptors (Lipinski definition) is 4. The van der Waals surface area contributed by atoms with Crippen LogP contribution in [-0.4, -0.2) is 43.4 Å². The molecule has 0 saturated carbocycles. The molecule has 0 radical (unpaired) electrons. The van der Waals surface area contributed by atoms with Crippen molar-refractivity contribution >= 4 is 18.7 Å². The summed E-state index contributed by atoms with van der Waals surface area (Å²) in [7, 11) is -3.00. The number of rotatable bonds is 6. The molecule has 3 aromatic carbocycles. The molecule has 3 aromatic rings. The molecule has 0 aliphatic carbocycles. The van der Waals surface area contributed by atoms with Gasteiger partial charge in [0.05, 0.1) is 18.8 Å². The lowest BCUT2D eigenvalue weighted by Gasteiger charge is -2.50. The van der Waals surface area contributed by atoms with E-state index in [1.54, 1.807) is 12.1 Å². The van der Waals surface area contributed by atoms with Crippen LogP contribution in [0.25, 0.3) is 0 Å². The second kappa shape index (κ2) is 10.3. The lowest BCUT2D eigenvalue weighted by atomic mass is 9.86. The molecule has 1 heterocycles. The van der Waals surface area contributed by atoms with E-state index in [0.717, 1.165) is 10.4 Å². The van der Waals surface area contributed by atoms with Crippen molar-refractivity contribution in [3.63, 3.8) is 0 Å². The van der Waals surface area contributed by atoms with Crippen LogP contribution in [0.4, 0.5) is 4.39 Å². The second-order valence-corrected chi connectivity index (χ2v) is 14.7.